The average Bonchev–Trinajstić information content (AvgIpc) is 2.67. The zero-order valence-corrected chi connectivity index (χ0v) is 9.99. The van der Waals surface area contributed by atoms with E-state index in [1.165, 1.54) is 0 Å². The number of piperidine rings is 1. The summed E-state index contributed by atoms with van der Waals surface area (Å²) in [6.45, 7) is 6.66. The SMILES string of the molecule is CC(C)(C(N)=O)N1CCC2(CC1)OCCO2. The van der Waals surface area contributed by atoms with Crippen molar-refractivity contribution in [2.45, 2.75) is 38.0 Å². The molecule has 5 heteroatoms. The summed E-state index contributed by atoms with van der Waals surface area (Å²) in [5.41, 5.74) is 4.82. The highest BCUT2D eigenvalue weighted by molar-refractivity contribution is 5.83. The van der Waals surface area contributed by atoms with Gasteiger partial charge in [-0.15, -0.1) is 0 Å². The summed E-state index contributed by atoms with van der Waals surface area (Å²) >= 11 is 0. The molecule has 2 N–H and O–H groups in total. The van der Waals surface area contributed by atoms with Gasteiger partial charge in [0.2, 0.25) is 5.91 Å². The van der Waals surface area contributed by atoms with E-state index in [4.69, 9.17) is 15.2 Å². The highest BCUT2D eigenvalue weighted by atomic mass is 16.7. The van der Waals surface area contributed by atoms with E-state index in [0.717, 1.165) is 25.9 Å². The van der Waals surface area contributed by atoms with E-state index in [-0.39, 0.29) is 11.7 Å². The molecular weight excluding hydrogens is 208 g/mol. The lowest BCUT2D eigenvalue weighted by Gasteiger charge is -2.43. The summed E-state index contributed by atoms with van der Waals surface area (Å²) in [4.78, 5) is 13.5. The van der Waals surface area contributed by atoms with Crippen LogP contribution in [-0.4, -0.2) is 48.4 Å². The number of nitrogens with zero attached hydrogens (tertiary/aromatic N) is 1. The number of amides is 1. The van der Waals surface area contributed by atoms with Crippen molar-refractivity contribution in [3.05, 3.63) is 0 Å². The predicted molar refractivity (Wildman–Crippen MR) is 58.7 cm³/mol. The minimum atomic E-state index is -0.583. The Bertz CT molecular complexity index is 275. The van der Waals surface area contributed by atoms with Crippen LogP contribution in [0.3, 0.4) is 0 Å². The molecule has 2 aliphatic rings. The monoisotopic (exact) mass is 228 g/mol. The highest BCUT2D eigenvalue weighted by Gasteiger charge is 2.44. The second-order valence-corrected chi connectivity index (χ2v) is 5.02. The Morgan fingerprint density at radius 2 is 1.75 bits per heavy atom. The average molecular weight is 228 g/mol. The van der Waals surface area contributed by atoms with E-state index in [1.54, 1.807) is 0 Å². The molecule has 16 heavy (non-hydrogen) atoms. The maximum atomic E-state index is 11.4. The molecule has 2 saturated heterocycles. The first kappa shape index (κ1) is 11.8. The molecule has 1 spiro atoms. The van der Waals surface area contributed by atoms with Crippen LogP contribution in [0.2, 0.25) is 0 Å². The Morgan fingerprint density at radius 3 is 2.19 bits per heavy atom. The van der Waals surface area contributed by atoms with E-state index in [1.807, 2.05) is 13.8 Å². The molecule has 1 amide bonds. The number of carbonyl (C=O) groups is 1. The first-order valence-electron chi connectivity index (χ1n) is 5.79. The van der Waals surface area contributed by atoms with Gasteiger partial charge >= 0.3 is 0 Å². The summed E-state index contributed by atoms with van der Waals surface area (Å²) in [6.07, 6.45) is 1.62. The second kappa shape index (κ2) is 3.98. The van der Waals surface area contributed by atoms with Gasteiger partial charge in [0.15, 0.2) is 5.79 Å². The van der Waals surface area contributed by atoms with Crippen LogP contribution in [-0.2, 0) is 14.3 Å². The van der Waals surface area contributed by atoms with E-state index in [9.17, 15) is 4.79 Å². The largest absolute Gasteiger partial charge is 0.368 e. The fourth-order valence-corrected chi connectivity index (χ4v) is 2.35. The molecule has 92 valence electrons. The van der Waals surface area contributed by atoms with Gasteiger partial charge in [-0.25, -0.2) is 0 Å². The Balaban J connectivity index is 1.97. The molecular formula is C11H20N2O3. The molecule has 0 aliphatic carbocycles. The Morgan fingerprint density at radius 1 is 1.25 bits per heavy atom. The molecule has 2 aliphatic heterocycles. The maximum Gasteiger partial charge on any atom is 0.237 e. The first-order valence-corrected chi connectivity index (χ1v) is 5.79. The van der Waals surface area contributed by atoms with Gasteiger partial charge in [-0.05, 0) is 13.8 Å². The van der Waals surface area contributed by atoms with Crippen molar-refractivity contribution in [2.24, 2.45) is 5.73 Å². The normalized spacial score (nSPS) is 26.1. The van der Waals surface area contributed by atoms with Crippen LogP contribution in [0, 0.1) is 0 Å². The van der Waals surface area contributed by atoms with E-state index >= 15 is 0 Å². The number of rotatable bonds is 2. The summed E-state index contributed by atoms with van der Waals surface area (Å²) in [6, 6.07) is 0. The van der Waals surface area contributed by atoms with Gasteiger partial charge < -0.3 is 15.2 Å². The van der Waals surface area contributed by atoms with E-state index in [0.29, 0.717) is 13.2 Å². The molecule has 0 unspecified atom stereocenters. The maximum absolute atomic E-state index is 11.4. The van der Waals surface area contributed by atoms with Gasteiger partial charge in [-0.1, -0.05) is 0 Å². The zero-order chi connectivity index (χ0) is 11.8. The number of primary amides is 1. The van der Waals surface area contributed by atoms with Crippen LogP contribution in [0.5, 0.6) is 0 Å². The third kappa shape index (κ3) is 1.95. The van der Waals surface area contributed by atoms with E-state index < -0.39 is 5.54 Å². The smallest absolute Gasteiger partial charge is 0.237 e. The van der Waals surface area contributed by atoms with Gasteiger partial charge in [0.1, 0.15) is 0 Å². The summed E-state index contributed by atoms with van der Waals surface area (Å²) in [5.74, 6) is -0.666. The Hall–Kier alpha value is -0.650. The lowest BCUT2D eigenvalue weighted by molar-refractivity contribution is -0.192. The van der Waals surface area contributed by atoms with Crippen LogP contribution in [0.4, 0.5) is 0 Å². The van der Waals surface area contributed by atoms with Crippen molar-refractivity contribution in [3.8, 4) is 0 Å². The number of likely N-dealkylation sites (tertiary alicyclic amines) is 1. The van der Waals surface area contributed by atoms with Crippen molar-refractivity contribution in [2.75, 3.05) is 26.3 Å². The lowest BCUT2D eigenvalue weighted by atomic mass is 9.95. The molecule has 0 radical (unpaired) electrons. The van der Waals surface area contributed by atoms with Gasteiger partial charge in [-0.2, -0.15) is 0 Å². The molecule has 2 heterocycles. The van der Waals surface area contributed by atoms with E-state index in [2.05, 4.69) is 4.90 Å². The molecule has 5 nitrogen and oxygen atoms in total. The van der Waals surface area contributed by atoms with Gasteiger partial charge in [0.25, 0.3) is 0 Å². The van der Waals surface area contributed by atoms with Crippen LogP contribution in [0.15, 0.2) is 0 Å². The third-order valence-corrected chi connectivity index (χ3v) is 3.73. The molecule has 0 aromatic rings. The van der Waals surface area contributed by atoms with Crippen LogP contribution < -0.4 is 5.73 Å². The molecule has 2 fully saturated rings. The molecule has 0 atom stereocenters. The number of nitrogens with two attached hydrogens (primary N) is 1. The van der Waals surface area contributed by atoms with Crippen molar-refractivity contribution in [1.82, 2.24) is 4.90 Å². The summed E-state index contributed by atoms with van der Waals surface area (Å²) in [7, 11) is 0. The molecule has 0 aromatic heterocycles. The van der Waals surface area contributed by atoms with Gasteiger partial charge in [0, 0.05) is 25.9 Å². The fourth-order valence-electron chi connectivity index (χ4n) is 2.35. The number of ether oxygens (including phenoxy) is 2. The molecule has 0 aromatic carbocycles. The van der Waals surface area contributed by atoms with Crippen molar-refractivity contribution < 1.29 is 14.3 Å². The zero-order valence-electron chi connectivity index (χ0n) is 9.99. The Kier molecular flexibility index (Phi) is 2.94. The predicted octanol–water partition coefficient (Wildman–Crippen LogP) is 0.0892. The minimum Gasteiger partial charge on any atom is -0.368 e. The number of carbonyl (C=O) groups excluding carboxylic acids is 1. The highest BCUT2D eigenvalue weighted by Crippen LogP contribution is 2.33. The number of hydrogen-bond donors (Lipinski definition) is 1. The standard InChI is InChI=1S/C11H20N2O3/c1-10(2,9(12)14)13-5-3-11(4-6-13)15-7-8-16-11/h3-8H2,1-2H3,(H2,12,14). The van der Waals surface area contributed by atoms with Crippen LogP contribution >= 0.6 is 0 Å². The second-order valence-electron chi connectivity index (χ2n) is 5.02. The van der Waals surface area contributed by atoms with Crippen LogP contribution in [0.25, 0.3) is 0 Å². The molecule has 0 saturated carbocycles. The third-order valence-electron chi connectivity index (χ3n) is 3.73. The van der Waals surface area contributed by atoms with Gasteiger partial charge in [0.05, 0.1) is 18.8 Å². The topological polar surface area (TPSA) is 64.8 Å². The molecule has 2 rings (SSSR count). The summed E-state index contributed by atoms with van der Waals surface area (Å²) in [5, 5.41) is 0. The lowest BCUT2D eigenvalue weighted by Crippen LogP contribution is -2.58. The van der Waals surface area contributed by atoms with Crippen molar-refractivity contribution in [3.63, 3.8) is 0 Å². The fraction of sp³-hybridized carbons (Fsp3) is 0.909. The van der Waals surface area contributed by atoms with Crippen molar-refractivity contribution >= 4 is 5.91 Å². The van der Waals surface area contributed by atoms with Gasteiger partial charge in [-0.3, -0.25) is 9.69 Å². The van der Waals surface area contributed by atoms with Crippen LogP contribution in [0.1, 0.15) is 26.7 Å². The Labute approximate surface area is 95.9 Å². The quantitative estimate of drug-likeness (QED) is 0.727. The summed E-state index contributed by atoms with van der Waals surface area (Å²) < 4.78 is 11.3. The number of hydrogen-bond acceptors (Lipinski definition) is 4. The minimum absolute atomic E-state index is 0.281. The van der Waals surface area contributed by atoms with Crippen molar-refractivity contribution in [1.29, 1.82) is 0 Å². The molecule has 0 bridgehead atoms. The first-order chi connectivity index (χ1) is 7.46.